The molecule has 3 rings (SSSR count). The quantitative estimate of drug-likeness (QED) is 0.715. The number of carboxylic acid groups (broad SMARTS) is 1. The summed E-state index contributed by atoms with van der Waals surface area (Å²) in [6.45, 7) is 1.04. The number of carbonyl (C=O) groups excluding carboxylic acids is 1. The van der Waals surface area contributed by atoms with Gasteiger partial charge in [-0.25, -0.2) is 9.59 Å². The third kappa shape index (κ3) is 4.93. The maximum Gasteiger partial charge on any atom is 0.416 e. The number of nitrogens with zero attached hydrogens (tertiary/aromatic N) is 1. The second kappa shape index (κ2) is 7.79. The zero-order chi connectivity index (χ0) is 20.3. The number of alkyl halides is 3. The van der Waals surface area contributed by atoms with Crippen LogP contribution in [0, 0.1) is 5.92 Å². The van der Waals surface area contributed by atoms with E-state index in [1.807, 2.05) is 12.1 Å². The summed E-state index contributed by atoms with van der Waals surface area (Å²) in [6, 6.07) is 10.7. The van der Waals surface area contributed by atoms with E-state index < -0.39 is 23.9 Å². The van der Waals surface area contributed by atoms with Crippen molar-refractivity contribution in [1.29, 1.82) is 0 Å². The molecular weight excluding hydrogens is 375 g/mol. The van der Waals surface area contributed by atoms with Crippen LogP contribution in [0.25, 0.3) is 0 Å². The van der Waals surface area contributed by atoms with E-state index in [1.165, 1.54) is 17.0 Å². The van der Waals surface area contributed by atoms with Gasteiger partial charge in [0, 0.05) is 24.5 Å². The van der Waals surface area contributed by atoms with Crippen LogP contribution in [0.5, 0.6) is 0 Å². The Bertz CT molecular complexity index is 845. The molecule has 0 aromatic heterocycles. The van der Waals surface area contributed by atoms with Crippen molar-refractivity contribution in [3.05, 3.63) is 59.7 Å². The highest BCUT2D eigenvalue weighted by Gasteiger charge is 2.30. The minimum absolute atomic E-state index is 0.245. The first kappa shape index (κ1) is 19.5. The first-order valence-electron chi connectivity index (χ1n) is 8.53. The fraction of sp³-hybridized carbons (Fsp3) is 0.263. The van der Waals surface area contributed by atoms with Gasteiger partial charge in [0.25, 0.3) is 0 Å². The number of amides is 3. The molecule has 0 atom stereocenters. The summed E-state index contributed by atoms with van der Waals surface area (Å²) in [4.78, 5) is 24.1. The minimum Gasteiger partial charge on any atom is -0.465 e. The average Bonchev–Trinajstić information content (AvgIpc) is 2.58. The van der Waals surface area contributed by atoms with Gasteiger partial charge < -0.3 is 20.6 Å². The average molecular weight is 393 g/mol. The first-order chi connectivity index (χ1) is 13.2. The Kier molecular flexibility index (Phi) is 5.43. The van der Waals surface area contributed by atoms with Crippen LogP contribution < -0.4 is 10.6 Å². The standard InChI is InChI=1S/C19H18F3N3O3/c20-19(21,22)14-3-7-16(8-4-14)24-17(26)23-15-5-1-12(2-6-15)9-13-10-25(11-13)18(27)28/h1-8,13H,9-11H2,(H,27,28)(H2,23,24,26). The normalized spacial score (nSPS) is 14.3. The molecule has 1 saturated heterocycles. The Balaban J connectivity index is 1.48. The Morgan fingerprint density at radius 1 is 0.964 bits per heavy atom. The fourth-order valence-electron chi connectivity index (χ4n) is 2.95. The first-order valence-corrected chi connectivity index (χ1v) is 8.53. The van der Waals surface area contributed by atoms with Crippen molar-refractivity contribution >= 4 is 23.5 Å². The topological polar surface area (TPSA) is 81.7 Å². The van der Waals surface area contributed by atoms with E-state index in [-0.39, 0.29) is 11.6 Å². The van der Waals surface area contributed by atoms with Gasteiger partial charge in [0.2, 0.25) is 0 Å². The molecule has 3 N–H and O–H groups in total. The van der Waals surface area contributed by atoms with Crippen molar-refractivity contribution in [1.82, 2.24) is 4.90 Å². The van der Waals surface area contributed by atoms with E-state index in [4.69, 9.17) is 5.11 Å². The van der Waals surface area contributed by atoms with Gasteiger partial charge in [-0.15, -0.1) is 0 Å². The number of anilines is 2. The Hall–Kier alpha value is -3.23. The largest absolute Gasteiger partial charge is 0.465 e. The minimum atomic E-state index is -4.42. The van der Waals surface area contributed by atoms with Gasteiger partial charge in [-0.1, -0.05) is 12.1 Å². The smallest absolute Gasteiger partial charge is 0.416 e. The summed E-state index contributed by atoms with van der Waals surface area (Å²) in [6.07, 6.45) is -4.58. The zero-order valence-corrected chi connectivity index (χ0v) is 14.7. The number of carbonyl (C=O) groups is 2. The number of benzene rings is 2. The highest BCUT2D eigenvalue weighted by Crippen LogP contribution is 2.29. The van der Waals surface area contributed by atoms with Gasteiger partial charge in [0.1, 0.15) is 0 Å². The molecule has 1 aliphatic heterocycles. The molecule has 0 spiro atoms. The summed E-state index contributed by atoms with van der Waals surface area (Å²) >= 11 is 0. The highest BCUT2D eigenvalue weighted by molar-refractivity contribution is 5.99. The van der Waals surface area contributed by atoms with E-state index in [2.05, 4.69) is 10.6 Å². The molecule has 6 nitrogen and oxygen atoms in total. The van der Waals surface area contributed by atoms with Crippen LogP contribution in [-0.4, -0.2) is 35.2 Å². The van der Waals surface area contributed by atoms with E-state index in [0.29, 0.717) is 18.8 Å². The predicted molar refractivity (Wildman–Crippen MR) is 97.3 cm³/mol. The van der Waals surface area contributed by atoms with Crippen molar-refractivity contribution < 1.29 is 27.9 Å². The molecule has 148 valence electrons. The molecule has 3 amide bonds. The number of hydrogen-bond donors (Lipinski definition) is 3. The van der Waals surface area contributed by atoms with Crippen molar-refractivity contribution in [2.45, 2.75) is 12.6 Å². The maximum atomic E-state index is 12.5. The zero-order valence-electron chi connectivity index (χ0n) is 14.7. The van der Waals surface area contributed by atoms with Crippen LogP contribution in [0.4, 0.5) is 34.1 Å². The fourth-order valence-corrected chi connectivity index (χ4v) is 2.95. The lowest BCUT2D eigenvalue weighted by Crippen LogP contribution is -2.50. The van der Waals surface area contributed by atoms with Gasteiger partial charge in [0.05, 0.1) is 5.56 Å². The van der Waals surface area contributed by atoms with E-state index >= 15 is 0 Å². The van der Waals surface area contributed by atoms with Gasteiger partial charge >= 0.3 is 18.3 Å². The number of urea groups is 1. The Morgan fingerprint density at radius 3 is 1.93 bits per heavy atom. The molecule has 0 unspecified atom stereocenters. The van der Waals surface area contributed by atoms with Crippen LogP contribution in [0.15, 0.2) is 48.5 Å². The van der Waals surface area contributed by atoms with Crippen molar-refractivity contribution in [3.8, 4) is 0 Å². The molecule has 2 aromatic carbocycles. The molecule has 1 fully saturated rings. The second-order valence-corrected chi connectivity index (χ2v) is 6.61. The van der Waals surface area contributed by atoms with Crippen LogP contribution in [0.2, 0.25) is 0 Å². The number of hydrogen-bond acceptors (Lipinski definition) is 2. The summed E-state index contributed by atoms with van der Waals surface area (Å²) in [5.41, 5.74) is 1.03. The molecule has 1 aliphatic rings. The van der Waals surface area contributed by atoms with Crippen molar-refractivity contribution in [3.63, 3.8) is 0 Å². The summed E-state index contributed by atoms with van der Waals surface area (Å²) in [5.74, 6) is 0.290. The summed E-state index contributed by atoms with van der Waals surface area (Å²) in [7, 11) is 0. The van der Waals surface area contributed by atoms with Crippen LogP contribution >= 0.6 is 0 Å². The van der Waals surface area contributed by atoms with Crippen LogP contribution in [0.1, 0.15) is 11.1 Å². The molecule has 0 radical (unpaired) electrons. The Labute approximate surface area is 159 Å². The monoisotopic (exact) mass is 393 g/mol. The SMILES string of the molecule is O=C(Nc1ccc(CC2CN(C(=O)O)C2)cc1)Nc1ccc(C(F)(F)F)cc1. The molecule has 0 aliphatic carbocycles. The van der Waals surface area contributed by atoms with Gasteiger partial charge in [-0.3, -0.25) is 0 Å². The molecular formula is C19H18F3N3O3. The van der Waals surface area contributed by atoms with Gasteiger partial charge in [-0.05, 0) is 54.3 Å². The van der Waals surface area contributed by atoms with Gasteiger partial charge in [-0.2, -0.15) is 13.2 Å². The molecule has 0 saturated carbocycles. The lowest BCUT2D eigenvalue weighted by Gasteiger charge is -2.37. The summed E-state index contributed by atoms with van der Waals surface area (Å²) in [5, 5.41) is 13.9. The third-order valence-corrected chi connectivity index (χ3v) is 4.43. The number of nitrogens with one attached hydrogen (secondary N) is 2. The summed E-state index contributed by atoms with van der Waals surface area (Å²) < 4.78 is 37.6. The van der Waals surface area contributed by atoms with Crippen LogP contribution in [0.3, 0.4) is 0 Å². The molecule has 28 heavy (non-hydrogen) atoms. The van der Waals surface area contributed by atoms with Gasteiger partial charge in [0.15, 0.2) is 0 Å². The molecule has 0 bridgehead atoms. The lowest BCUT2D eigenvalue weighted by atomic mass is 9.92. The number of likely N-dealkylation sites (tertiary alicyclic amines) is 1. The van der Waals surface area contributed by atoms with Crippen molar-refractivity contribution in [2.24, 2.45) is 5.92 Å². The number of rotatable bonds is 4. The molecule has 9 heteroatoms. The van der Waals surface area contributed by atoms with E-state index in [1.54, 1.807) is 12.1 Å². The maximum absolute atomic E-state index is 12.5. The van der Waals surface area contributed by atoms with Crippen LogP contribution in [-0.2, 0) is 12.6 Å². The van der Waals surface area contributed by atoms with E-state index in [0.717, 1.165) is 24.1 Å². The second-order valence-electron chi connectivity index (χ2n) is 6.61. The third-order valence-electron chi connectivity index (χ3n) is 4.43. The van der Waals surface area contributed by atoms with E-state index in [9.17, 15) is 22.8 Å². The number of halogens is 3. The highest BCUT2D eigenvalue weighted by atomic mass is 19.4. The predicted octanol–water partition coefficient (Wildman–Crippen LogP) is 4.50. The Morgan fingerprint density at radius 2 is 1.46 bits per heavy atom. The lowest BCUT2D eigenvalue weighted by molar-refractivity contribution is -0.137. The molecule has 1 heterocycles. The molecule has 2 aromatic rings. The van der Waals surface area contributed by atoms with Crippen molar-refractivity contribution in [2.75, 3.05) is 23.7 Å².